The van der Waals surface area contributed by atoms with Gasteiger partial charge in [0.05, 0.1) is 0 Å². The number of carbonyl (C=O) groups excluding carboxylic acids is 1. The quantitative estimate of drug-likeness (QED) is 0.771. The van der Waals surface area contributed by atoms with Gasteiger partial charge in [0.1, 0.15) is 5.75 Å². The number of benzene rings is 2. The Kier molecular flexibility index (Phi) is 5.83. The molecule has 0 N–H and O–H groups in total. The summed E-state index contributed by atoms with van der Waals surface area (Å²) in [5, 5.41) is 0. The van der Waals surface area contributed by atoms with Crippen molar-refractivity contribution in [2.45, 2.75) is 19.8 Å². The maximum atomic E-state index is 12.4. The van der Waals surface area contributed by atoms with Gasteiger partial charge in [0, 0.05) is 12.2 Å². The molecule has 0 fully saturated rings. The number of hydrogen-bond acceptors (Lipinski definition) is 2. The first-order valence-corrected chi connectivity index (χ1v) is 7.34. The van der Waals surface area contributed by atoms with E-state index in [1.54, 1.807) is 4.90 Å². The second-order valence-corrected chi connectivity index (χ2v) is 4.84. The minimum atomic E-state index is -0.0153. The van der Waals surface area contributed by atoms with Gasteiger partial charge in [-0.05, 0) is 30.7 Å². The summed E-state index contributed by atoms with van der Waals surface area (Å²) in [6.45, 7) is 2.90. The molecular formula is C18H21NO2. The first-order chi connectivity index (χ1) is 10.3. The van der Waals surface area contributed by atoms with E-state index < -0.39 is 0 Å². The number of hydrogen-bond donors (Lipinski definition) is 0. The van der Waals surface area contributed by atoms with E-state index in [4.69, 9.17) is 4.74 Å². The van der Waals surface area contributed by atoms with E-state index in [1.165, 1.54) is 0 Å². The summed E-state index contributed by atoms with van der Waals surface area (Å²) >= 11 is 0. The monoisotopic (exact) mass is 283 g/mol. The lowest BCUT2D eigenvalue weighted by Gasteiger charge is -2.22. The van der Waals surface area contributed by atoms with Crippen LogP contribution in [0, 0.1) is 0 Å². The van der Waals surface area contributed by atoms with Crippen LogP contribution in [0.25, 0.3) is 0 Å². The first-order valence-electron chi connectivity index (χ1n) is 7.34. The Balaban J connectivity index is 2.01. The Labute approximate surface area is 126 Å². The summed E-state index contributed by atoms with van der Waals surface area (Å²) in [7, 11) is 0. The molecule has 3 heteroatoms. The van der Waals surface area contributed by atoms with Crippen molar-refractivity contribution in [3.05, 3.63) is 60.7 Å². The number of amides is 1. The van der Waals surface area contributed by atoms with Gasteiger partial charge in [-0.3, -0.25) is 4.79 Å². The van der Waals surface area contributed by atoms with Crippen LogP contribution in [0.4, 0.5) is 5.69 Å². The van der Waals surface area contributed by atoms with Crippen LogP contribution in [0.3, 0.4) is 0 Å². The maximum absolute atomic E-state index is 12.4. The van der Waals surface area contributed by atoms with Crippen LogP contribution in [0.1, 0.15) is 19.8 Å². The summed E-state index contributed by atoms with van der Waals surface area (Å²) in [6, 6.07) is 19.2. The van der Waals surface area contributed by atoms with E-state index >= 15 is 0 Å². The molecule has 0 radical (unpaired) electrons. The highest BCUT2D eigenvalue weighted by Gasteiger charge is 2.15. The van der Waals surface area contributed by atoms with Crippen molar-refractivity contribution in [3.8, 4) is 5.75 Å². The molecule has 0 aliphatic carbocycles. The van der Waals surface area contributed by atoms with Crippen LogP contribution < -0.4 is 9.64 Å². The van der Waals surface area contributed by atoms with Crippen LogP contribution in [-0.4, -0.2) is 19.1 Å². The second-order valence-electron chi connectivity index (χ2n) is 4.84. The number of ether oxygens (including phenoxy) is 1. The molecule has 1 amide bonds. The van der Waals surface area contributed by atoms with Gasteiger partial charge in [-0.15, -0.1) is 0 Å². The average molecular weight is 283 g/mol. The van der Waals surface area contributed by atoms with Crippen LogP contribution in [0.5, 0.6) is 5.75 Å². The van der Waals surface area contributed by atoms with Gasteiger partial charge >= 0.3 is 0 Å². The third-order valence-corrected chi connectivity index (χ3v) is 3.21. The largest absolute Gasteiger partial charge is 0.484 e. The van der Waals surface area contributed by atoms with Crippen molar-refractivity contribution < 1.29 is 9.53 Å². The van der Waals surface area contributed by atoms with Crippen LogP contribution >= 0.6 is 0 Å². The second kappa shape index (κ2) is 8.10. The molecule has 0 aliphatic rings. The smallest absolute Gasteiger partial charge is 0.264 e. The van der Waals surface area contributed by atoms with Gasteiger partial charge in [0.2, 0.25) is 0 Å². The summed E-state index contributed by atoms with van der Waals surface area (Å²) < 4.78 is 5.56. The zero-order valence-corrected chi connectivity index (χ0v) is 12.4. The topological polar surface area (TPSA) is 29.5 Å². The third kappa shape index (κ3) is 4.63. The van der Waals surface area contributed by atoms with E-state index in [0.717, 1.165) is 25.1 Å². The lowest BCUT2D eigenvalue weighted by Crippen LogP contribution is -2.35. The highest BCUT2D eigenvalue weighted by molar-refractivity contribution is 5.94. The molecule has 110 valence electrons. The van der Waals surface area contributed by atoms with E-state index in [1.807, 2.05) is 60.7 Å². The maximum Gasteiger partial charge on any atom is 0.264 e. The molecule has 0 aliphatic heterocycles. The molecule has 0 bridgehead atoms. The highest BCUT2D eigenvalue weighted by Crippen LogP contribution is 2.15. The standard InChI is InChI=1S/C18H21NO2/c1-2-3-14-19(16-10-6-4-7-11-16)18(20)15-21-17-12-8-5-9-13-17/h4-13H,2-3,14-15H2,1H3. The molecule has 21 heavy (non-hydrogen) atoms. The Morgan fingerprint density at radius 1 is 1.00 bits per heavy atom. The Morgan fingerprint density at radius 2 is 1.62 bits per heavy atom. The predicted octanol–water partition coefficient (Wildman–Crippen LogP) is 3.90. The molecule has 0 atom stereocenters. The van der Waals surface area contributed by atoms with E-state index in [0.29, 0.717) is 5.75 Å². The van der Waals surface area contributed by atoms with E-state index in [2.05, 4.69) is 6.92 Å². The summed E-state index contributed by atoms with van der Waals surface area (Å²) in [6.07, 6.45) is 2.03. The van der Waals surface area contributed by atoms with Crippen molar-refractivity contribution in [2.75, 3.05) is 18.1 Å². The average Bonchev–Trinajstić information content (AvgIpc) is 2.55. The van der Waals surface area contributed by atoms with Gasteiger partial charge in [-0.25, -0.2) is 0 Å². The molecule has 0 saturated carbocycles. The lowest BCUT2D eigenvalue weighted by atomic mass is 10.2. The van der Waals surface area contributed by atoms with Gasteiger partial charge in [0.15, 0.2) is 6.61 Å². The molecule has 0 heterocycles. The number of para-hydroxylation sites is 2. The third-order valence-electron chi connectivity index (χ3n) is 3.21. The molecule has 2 rings (SSSR count). The number of anilines is 1. The van der Waals surface area contributed by atoms with Crippen LogP contribution in [0.2, 0.25) is 0 Å². The molecule has 0 aromatic heterocycles. The fourth-order valence-electron chi connectivity index (χ4n) is 2.06. The fourth-order valence-corrected chi connectivity index (χ4v) is 2.06. The SMILES string of the molecule is CCCCN(C(=O)COc1ccccc1)c1ccccc1. The Hall–Kier alpha value is -2.29. The van der Waals surface area contributed by atoms with Crippen molar-refractivity contribution in [1.82, 2.24) is 0 Å². The number of unbranched alkanes of at least 4 members (excludes halogenated alkanes) is 1. The van der Waals surface area contributed by atoms with Crippen LogP contribution in [-0.2, 0) is 4.79 Å². The van der Waals surface area contributed by atoms with Gasteiger partial charge in [-0.2, -0.15) is 0 Å². The number of carbonyl (C=O) groups is 1. The predicted molar refractivity (Wildman–Crippen MR) is 85.6 cm³/mol. The van der Waals surface area contributed by atoms with Crippen molar-refractivity contribution >= 4 is 11.6 Å². The van der Waals surface area contributed by atoms with Crippen molar-refractivity contribution in [3.63, 3.8) is 0 Å². The van der Waals surface area contributed by atoms with Gasteiger partial charge in [0.25, 0.3) is 5.91 Å². The van der Waals surface area contributed by atoms with Crippen LogP contribution in [0.15, 0.2) is 60.7 Å². The molecule has 3 nitrogen and oxygen atoms in total. The van der Waals surface area contributed by atoms with Crippen molar-refractivity contribution in [2.24, 2.45) is 0 Å². The Bertz CT molecular complexity index is 540. The molecule has 0 saturated heterocycles. The fraction of sp³-hybridized carbons (Fsp3) is 0.278. The zero-order valence-electron chi connectivity index (χ0n) is 12.4. The molecule has 0 unspecified atom stereocenters. The minimum Gasteiger partial charge on any atom is -0.484 e. The highest BCUT2D eigenvalue weighted by atomic mass is 16.5. The molecule has 2 aromatic carbocycles. The van der Waals surface area contributed by atoms with Gasteiger partial charge < -0.3 is 9.64 Å². The molecule has 0 spiro atoms. The number of rotatable bonds is 7. The minimum absolute atomic E-state index is 0.0153. The van der Waals surface area contributed by atoms with Crippen molar-refractivity contribution in [1.29, 1.82) is 0 Å². The lowest BCUT2D eigenvalue weighted by molar-refractivity contribution is -0.120. The summed E-state index contributed by atoms with van der Waals surface area (Å²) in [5.41, 5.74) is 0.924. The van der Waals surface area contributed by atoms with Gasteiger partial charge in [-0.1, -0.05) is 49.7 Å². The van der Waals surface area contributed by atoms with E-state index in [-0.39, 0.29) is 12.5 Å². The molecular weight excluding hydrogens is 262 g/mol. The normalized spacial score (nSPS) is 10.1. The summed E-state index contributed by atoms with van der Waals surface area (Å²) in [5.74, 6) is 0.702. The zero-order chi connectivity index (χ0) is 14.9. The number of nitrogens with zero attached hydrogens (tertiary/aromatic N) is 1. The molecule has 2 aromatic rings. The summed E-state index contributed by atoms with van der Waals surface area (Å²) in [4.78, 5) is 14.2. The first kappa shape index (κ1) is 15.1. The van der Waals surface area contributed by atoms with E-state index in [9.17, 15) is 4.79 Å². The Morgan fingerprint density at radius 3 is 2.24 bits per heavy atom.